The SMILES string of the molecule is O=C(O)CC(=O)CCCO. The van der Waals surface area contributed by atoms with Crippen molar-refractivity contribution in [1.82, 2.24) is 0 Å². The number of hydrogen-bond donors (Lipinski definition) is 2. The molecule has 0 saturated carbocycles. The quantitative estimate of drug-likeness (QED) is 0.527. The van der Waals surface area contributed by atoms with Crippen LogP contribution in [0.2, 0.25) is 0 Å². The maximum atomic E-state index is 10.5. The maximum absolute atomic E-state index is 10.5. The number of aliphatic hydroxyl groups excluding tert-OH is 1. The van der Waals surface area contributed by atoms with Gasteiger partial charge in [-0.05, 0) is 6.42 Å². The van der Waals surface area contributed by atoms with Gasteiger partial charge < -0.3 is 10.2 Å². The van der Waals surface area contributed by atoms with E-state index in [2.05, 4.69) is 0 Å². The Balaban J connectivity index is 3.35. The van der Waals surface area contributed by atoms with Gasteiger partial charge in [-0.1, -0.05) is 0 Å². The molecule has 0 saturated heterocycles. The molecule has 0 amide bonds. The number of ketones is 1. The number of carboxylic acids is 1. The summed E-state index contributed by atoms with van der Waals surface area (Å²) in [5, 5.41) is 16.3. The van der Waals surface area contributed by atoms with Crippen molar-refractivity contribution in [2.45, 2.75) is 19.3 Å². The Kier molecular flexibility index (Phi) is 4.49. The third kappa shape index (κ3) is 5.24. The van der Waals surface area contributed by atoms with E-state index in [0.717, 1.165) is 0 Å². The van der Waals surface area contributed by atoms with Gasteiger partial charge in [-0.2, -0.15) is 0 Å². The molecule has 0 aliphatic rings. The van der Waals surface area contributed by atoms with E-state index >= 15 is 0 Å². The van der Waals surface area contributed by atoms with Crippen molar-refractivity contribution in [3.63, 3.8) is 0 Å². The molecule has 0 aromatic carbocycles. The highest BCUT2D eigenvalue weighted by molar-refractivity contribution is 5.94. The molecule has 0 spiro atoms. The second-order valence-corrected chi connectivity index (χ2v) is 1.94. The van der Waals surface area contributed by atoms with E-state index in [1.54, 1.807) is 0 Å². The Morgan fingerprint density at radius 3 is 2.30 bits per heavy atom. The van der Waals surface area contributed by atoms with E-state index in [4.69, 9.17) is 10.2 Å². The second kappa shape index (κ2) is 4.93. The Hall–Kier alpha value is -0.900. The van der Waals surface area contributed by atoms with Crippen LogP contribution in [0.15, 0.2) is 0 Å². The van der Waals surface area contributed by atoms with E-state index in [1.807, 2.05) is 0 Å². The molecule has 0 unspecified atom stereocenters. The summed E-state index contributed by atoms with van der Waals surface area (Å²) in [7, 11) is 0. The van der Waals surface area contributed by atoms with E-state index in [1.165, 1.54) is 0 Å². The van der Waals surface area contributed by atoms with Gasteiger partial charge in [0.25, 0.3) is 0 Å². The normalized spacial score (nSPS) is 9.30. The fourth-order valence-electron chi connectivity index (χ4n) is 0.533. The zero-order valence-corrected chi connectivity index (χ0v) is 5.54. The average Bonchev–Trinajstić information content (AvgIpc) is 1.82. The molecule has 0 aromatic heterocycles. The van der Waals surface area contributed by atoms with Crippen molar-refractivity contribution in [1.29, 1.82) is 0 Å². The molecule has 4 heteroatoms. The first-order chi connectivity index (χ1) is 4.66. The summed E-state index contributed by atoms with van der Waals surface area (Å²) in [6.07, 6.45) is 0.0783. The molecule has 2 N–H and O–H groups in total. The number of rotatable bonds is 5. The van der Waals surface area contributed by atoms with Crippen LogP contribution in [0.1, 0.15) is 19.3 Å². The lowest BCUT2D eigenvalue weighted by molar-refractivity contribution is -0.140. The molecule has 0 aromatic rings. The number of carbonyl (C=O) groups excluding carboxylic acids is 1. The van der Waals surface area contributed by atoms with Gasteiger partial charge in [0.1, 0.15) is 12.2 Å². The summed E-state index contributed by atoms with van der Waals surface area (Å²) in [6, 6.07) is 0. The number of carbonyl (C=O) groups is 2. The van der Waals surface area contributed by atoms with Crippen LogP contribution in [0.25, 0.3) is 0 Å². The summed E-state index contributed by atoms with van der Waals surface area (Å²) in [5.74, 6) is -1.44. The topological polar surface area (TPSA) is 74.6 Å². The summed E-state index contributed by atoms with van der Waals surface area (Å²) in [5.41, 5.74) is 0. The number of hydrogen-bond acceptors (Lipinski definition) is 3. The third-order valence-electron chi connectivity index (χ3n) is 0.962. The molecule has 0 radical (unpaired) electrons. The molecule has 58 valence electrons. The highest BCUT2D eigenvalue weighted by Crippen LogP contribution is 1.93. The molecule has 0 aliphatic heterocycles. The highest BCUT2D eigenvalue weighted by Gasteiger charge is 2.05. The Morgan fingerprint density at radius 2 is 1.90 bits per heavy atom. The highest BCUT2D eigenvalue weighted by atomic mass is 16.4. The molecule has 0 atom stereocenters. The van der Waals surface area contributed by atoms with Crippen molar-refractivity contribution in [2.24, 2.45) is 0 Å². The minimum atomic E-state index is -1.11. The van der Waals surface area contributed by atoms with Crippen molar-refractivity contribution in [2.75, 3.05) is 6.61 Å². The molecular formula is C6H10O4. The first-order valence-corrected chi connectivity index (χ1v) is 3.01. The van der Waals surface area contributed by atoms with Crippen LogP contribution in [-0.2, 0) is 9.59 Å². The van der Waals surface area contributed by atoms with E-state index in [9.17, 15) is 9.59 Å². The molecular weight excluding hydrogens is 136 g/mol. The summed E-state index contributed by atoms with van der Waals surface area (Å²) >= 11 is 0. The van der Waals surface area contributed by atoms with Gasteiger partial charge >= 0.3 is 5.97 Å². The lowest BCUT2D eigenvalue weighted by Gasteiger charge is -1.92. The lowest BCUT2D eigenvalue weighted by atomic mass is 10.2. The van der Waals surface area contributed by atoms with Crippen LogP contribution in [0.4, 0.5) is 0 Å². The van der Waals surface area contributed by atoms with Crippen LogP contribution in [0.3, 0.4) is 0 Å². The molecule has 0 fully saturated rings. The van der Waals surface area contributed by atoms with Crippen molar-refractivity contribution >= 4 is 11.8 Å². The Morgan fingerprint density at radius 1 is 1.30 bits per heavy atom. The number of carboxylic acid groups (broad SMARTS) is 1. The van der Waals surface area contributed by atoms with Gasteiger partial charge in [0.2, 0.25) is 0 Å². The van der Waals surface area contributed by atoms with Crippen LogP contribution >= 0.6 is 0 Å². The van der Waals surface area contributed by atoms with Gasteiger partial charge in [0.05, 0.1) is 0 Å². The molecule has 0 bridgehead atoms. The minimum Gasteiger partial charge on any atom is -0.481 e. The summed E-state index contributed by atoms with van der Waals surface area (Å²) in [4.78, 5) is 20.4. The lowest BCUT2D eigenvalue weighted by Crippen LogP contribution is -2.06. The van der Waals surface area contributed by atoms with E-state index < -0.39 is 12.4 Å². The fourth-order valence-corrected chi connectivity index (χ4v) is 0.533. The largest absolute Gasteiger partial charge is 0.481 e. The van der Waals surface area contributed by atoms with Gasteiger partial charge in [0.15, 0.2) is 0 Å². The number of Topliss-reactive ketones (excluding diaryl/α,β-unsaturated/α-hetero) is 1. The van der Waals surface area contributed by atoms with E-state index in [-0.39, 0.29) is 18.8 Å². The predicted octanol–water partition coefficient (Wildman–Crippen LogP) is -0.197. The van der Waals surface area contributed by atoms with Crippen LogP contribution < -0.4 is 0 Å². The maximum Gasteiger partial charge on any atom is 0.310 e. The Bertz CT molecular complexity index is 130. The first-order valence-electron chi connectivity index (χ1n) is 3.01. The van der Waals surface area contributed by atoms with E-state index in [0.29, 0.717) is 6.42 Å². The number of aliphatic carboxylic acids is 1. The van der Waals surface area contributed by atoms with Crippen molar-refractivity contribution in [3.05, 3.63) is 0 Å². The third-order valence-corrected chi connectivity index (χ3v) is 0.962. The van der Waals surface area contributed by atoms with Gasteiger partial charge in [-0.25, -0.2) is 0 Å². The molecule has 0 heterocycles. The van der Waals surface area contributed by atoms with Gasteiger partial charge in [0, 0.05) is 13.0 Å². The predicted molar refractivity (Wildman–Crippen MR) is 33.6 cm³/mol. The monoisotopic (exact) mass is 146 g/mol. The fraction of sp³-hybridized carbons (Fsp3) is 0.667. The molecule has 10 heavy (non-hydrogen) atoms. The first kappa shape index (κ1) is 9.10. The van der Waals surface area contributed by atoms with Crippen molar-refractivity contribution < 1.29 is 19.8 Å². The summed E-state index contributed by atoms with van der Waals surface area (Å²) in [6.45, 7) is -0.0641. The van der Waals surface area contributed by atoms with Gasteiger partial charge in [-0.15, -0.1) is 0 Å². The van der Waals surface area contributed by atoms with Crippen LogP contribution in [0, 0.1) is 0 Å². The number of aliphatic hydroxyl groups is 1. The zero-order chi connectivity index (χ0) is 7.98. The second-order valence-electron chi connectivity index (χ2n) is 1.94. The standard InChI is InChI=1S/C6H10O4/c7-3-1-2-5(8)4-6(9)10/h7H,1-4H2,(H,9,10). The van der Waals surface area contributed by atoms with Crippen LogP contribution in [-0.4, -0.2) is 28.6 Å². The molecule has 4 nitrogen and oxygen atoms in total. The Labute approximate surface area is 58.5 Å². The molecule has 0 rings (SSSR count). The smallest absolute Gasteiger partial charge is 0.310 e. The molecule has 0 aliphatic carbocycles. The summed E-state index contributed by atoms with van der Waals surface area (Å²) < 4.78 is 0. The van der Waals surface area contributed by atoms with Crippen molar-refractivity contribution in [3.8, 4) is 0 Å². The zero-order valence-electron chi connectivity index (χ0n) is 5.54. The van der Waals surface area contributed by atoms with Crippen LogP contribution in [0.5, 0.6) is 0 Å². The average molecular weight is 146 g/mol. The minimum absolute atomic E-state index is 0.0641. The van der Waals surface area contributed by atoms with Gasteiger partial charge in [-0.3, -0.25) is 9.59 Å².